The van der Waals surface area contributed by atoms with Gasteiger partial charge in [0.2, 0.25) is 11.8 Å². The number of carbonyl (C=O) groups excluding carboxylic acids is 2. The molecule has 2 amide bonds. The molecule has 0 aliphatic carbocycles. The lowest BCUT2D eigenvalue weighted by Gasteiger charge is -2.16. The predicted octanol–water partition coefficient (Wildman–Crippen LogP) is -0.141. The Kier molecular flexibility index (Phi) is 7.13. The van der Waals surface area contributed by atoms with Crippen molar-refractivity contribution >= 4 is 11.8 Å². The number of ether oxygens (including phenoxy) is 1. The van der Waals surface area contributed by atoms with Crippen molar-refractivity contribution in [2.24, 2.45) is 0 Å². The third-order valence-corrected chi connectivity index (χ3v) is 2.62. The van der Waals surface area contributed by atoms with Crippen molar-refractivity contribution in [3.63, 3.8) is 0 Å². The quantitative estimate of drug-likeness (QED) is 0.695. The highest BCUT2D eigenvalue weighted by Gasteiger charge is 2.07. The van der Waals surface area contributed by atoms with E-state index < -0.39 is 0 Å². The number of para-hydroxylation sites is 1. The van der Waals surface area contributed by atoms with Crippen LogP contribution < -0.4 is 15.4 Å². The summed E-state index contributed by atoms with van der Waals surface area (Å²) in [6.45, 7) is 1.37. The summed E-state index contributed by atoms with van der Waals surface area (Å²) in [5, 5.41) is 4.98. The number of amides is 2. The molecule has 1 aromatic rings. The highest BCUT2D eigenvalue weighted by Crippen LogP contribution is 2.07. The SMILES string of the molecule is CNC(=O)CNC(=O)CN(C)CCOc1ccccc1. The maximum absolute atomic E-state index is 11.5. The molecule has 0 radical (unpaired) electrons. The Morgan fingerprint density at radius 1 is 1.20 bits per heavy atom. The Morgan fingerprint density at radius 3 is 2.55 bits per heavy atom. The topological polar surface area (TPSA) is 70.7 Å². The first kappa shape index (κ1) is 16.0. The highest BCUT2D eigenvalue weighted by molar-refractivity contribution is 5.85. The normalized spacial score (nSPS) is 10.2. The molecule has 0 bridgehead atoms. The van der Waals surface area contributed by atoms with E-state index in [2.05, 4.69) is 10.6 Å². The largest absolute Gasteiger partial charge is 0.492 e. The van der Waals surface area contributed by atoms with E-state index in [1.165, 1.54) is 7.05 Å². The average Bonchev–Trinajstić information content (AvgIpc) is 2.45. The van der Waals surface area contributed by atoms with Crippen LogP contribution in [0.4, 0.5) is 0 Å². The van der Waals surface area contributed by atoms with E-state index in [0.29, 0.717) is 13.2 Å². The maximum Gasteiger partial charge on any atom is 0.239 e. The van der Waals surface area contributed by atoms with Gasteiger partial charge in [0.15, 0.2) is 0 Å². The van der Waals surface area contributed by atoms with Gasteiger partial charge in [0.1, 0.15) is 12.4 Å². The van der Waals surface area contributed by atoms with Gasteiger partial charge in [0.25, 0.3) is 0 Å². The highest BCUT2D eigenvalue weighted by atomic mass is 16.5. The van der Waals surface area contributed by atoms with Crippen molar-refractivity contribution < 1.29 is 14.3 Å². The Bertz CT molecular complexity index is 423. The van der Waals surface area contributed by atoms with E-state index in [0.717, 1.165) is 5.75 Å². The summed E-state index contributed by atoms with van der Waals surface area (Å²) in [6, 6.07) is 9.51. The molecule has 6 heteroatoms. The van der Waals surface area contributed by atoms with Crippen molar-refractivity contribution in [3.05, 3.63) is 30.3 Å². The number of carbonyl (C=O) groups is 2. The Labute approximate surface area is 119 Å². The van der Waals surface area contributed by atoms with Crippen LogP contribution >= 0.6 is 0 Å². The van der Waals surface area contributed by atoms with E-state index >= 15 is 0 Å². The molecule has 0 heterocycles. The summed E-state index contributed by atoms with van der Waals surface area (Å²) in [5.74, 6) is 0.411. The standard InChI is InChI=1S/C14H21N3O3/c1-15-13(18)10-16-14(19)11-17(2)8-9-20-12-6-4-3-5-7-12/h3-7H,8-11H2,1-2H3,(H,15,18)(H,16,19). The lowest BCUT2D eigenvalue weighted by atomic mass is 10.3. The fourth-order valence-electron chi connectivity index (χ4n) is 1.48. The van der Waals surface area contributed by atoms with Gasteiger partial charge in [-0.05, 0) is 19.2 Å². The lowest BCUT2D eigenvalue weighted by Crippen LogP contribution is -2.41. The molecule has 0 saturated carbocycles. The number of nitrogens with one attached hydrogen (secondary N) is 2. The van der Waals surface area contributed by atoms with E-state index in [9.17, 15) is 9.59 Å². The smallest absolute Gasteiger partial charge is 0.239 e. The third-order valence-electron chi connectivity index (χ3n) is 2.62. The second-order valence-corrected chi connectivity index (χ2v) is 4.35. The summed E-state index contributed by atoms with van der Waals surface area (Å²) < 4.78 is 5.54. The van der Waals surface area contributed by atoms with Gasteiger partial charge in [-0.15, -0.1) is 0 Å². The Morgan fingerprint density at radius 2 is 1.90 bits per heavy atom. The molecule has 6 nitrogen and oxygen atoms in total. The number of nitrogens with zero attached hydrogens (tertiary/aromatic N) is 1. The average molecular weight is 279 g/mol. The summed E-state index contributed by atoms with van der Waals surface area (Å²) in [5.41, 5.74) is 0. The molecule has 0 saturated heterocycles. The second-order valence-electron chi connectivity index (χ2n) is 4.35. The molecule has 0 aliphatic rings. The lowest BCUT2D eigenvalue weighted by molar-refractivity contribution is -0.126. The first-order chi connectivity index (χ1) is 9.61. The molecule has 0 spiro atoms. The van der Waals surface area contributed by atoms with Crippen LogP contribution in [0.5, 0.6) is 5.75 Å². The van der Waals surface area contributed by atoms with Crippen molar-refractivity contribution in [3.8, 4) is 5.75 Å². The minimum absolute atomic E-state index is 0.00366. The van der Waals surface area contributed by atoms with Gasteiger partial charge in [-0.2, -0.15) is 0 Å². The number of rotatable bonds is 8. The first-order valence-electron chi connectivity index (χ1n) is 6.45. The number of benzene rings is 1. The molecule has 0 atom stereocenters. The van der Waals surface area contributed by atoms with Crippen LogP contribution in [0.25, 0.3) is 0 Å². The van der Waals surface area contributed by atoms with Crippen LogP contribution in [0.3, 0.4) is 0 Å². The fourth-order valence-corrected chi connectivity index (χ4v) is 1.48. The summed E-state index contributed by atoms with van der Waals surface area (Å²) in [6.07, 6.45) is 0. The monoisotopic (exact) mass is 279 g/mol. The Hall–Kier alpha value is -2.08. The second kappa shape index (κ2) is 8.92. The molecular weight excluding hydrogens is 258 g/mol. The van der Waals surface area contributed by atoms with Gasteiger partial charge >= 0.3 is 0 Å². The molecule has 20 heavy (non-hydrogen) atoms. The van der Waals surface area contributed by atoms with Crippen LogP contribution in [0.1, 0.15) is 0 Å². The zero-order valence-electron chi connectivity index (χ0n) is 11.9. The van der Waals surface area contributed by atoms with Crippen LogP contribution in [-0.4, -0.2) is 57.1 Å². The first-order valence-corrected chi connectivity index (χ1v) is 6.45. The molecule has 2 N–H and O–H groups in total. The van der Waals surface area contributed by atoms with Crippen molar-refractivity contribution in [1.29, 1.82) is 0 Å². The summed E-state index contributed by atoms with van der Waals surface area (Å²) in [4.78, 5) is 24.3. The summed E-state index contributed by atoms with van der Waals surface area (Å²) >= 11 is 0. The van der Waals surface area contributed by atoms with Crippen molar-refractivity contribution in [1.82, 2.24) is 15.5 Å². The van der Waals surface area contributed by atoms with Crippen molar-refractivity contribution in [2.45, 2.75) is 0 Å². The molecule has 110 valence electrons. The van der Waals surface area contributed by atoms with E-state index in [1.807, 2.05) is 42.3 Å². The molecule has 0 unspecified atom stereocenters. The van der Waals surface area contributed by atoms with Gasteiger partial charge in [-0.25, -0.2) is 0 Å². The third kappa shape index (κ3) is 6.75. The number of likely N-dealkylation sites (N-methyl/N-ethyl adjacent to an activating group) is 2. The van der Waals surface area contributed by atoms with Gasteiger partial charge in [-0.3, -0.25) is 14.5 Å². The van der Waals surface area contributed by atoms with Gasteiger partial charge in [-0.1, -0.05) is 18.2 Å². The van der Waals surface area contributed by atoms with Gasteiger partial charge in [0, 0.05) is 13.6 Å². The number of hydrogen-bond donors (Lipinski definition) is 2. The molecule has 1 rings (SSSR count). The predicted molar refractivity (Wildman–Crippen MR) is 76.5 cm³/mol. The van der Waals surface area contributed by atoms with Crippen LogP contribution in [-0.2, 0) is 9.59 Å². The van der Waals surface area contributed by atoms with Crippen LogP contribution in [0.15, 0.2) is 30.3 Å². The van der Waals surface area contributed by atoms with E-state index in [4.69, 9.17) is 4.74 Å². The Balaban J connectivity index is 2.15. The van der Waals surface area contributed by atoms with Gasteiger partial charge in [0.05, 0.1) is 13.1 Å². The molecule has 0 fully saturated rings. The zero-order chi connectivity index (χ0) is 14.8. The van der Waals surface area contributed by atoms with E-state index in [-0.39, 0.29) is 24.9 Å². The summed E-state index contributed by atoms with van der Waals surface area (Å²) in [7, 11) is 3.36. The molecule has 0 aromatic heterocycles. The molecule has 0 aliphatic heterocycles. The minimum atomic E-state index is -0.214. The minimum Gasteiger partial charge on any atom is -0.492 e. The van der Waals surface area contributed by atoms with E-state index in [1.54, 1.807) is 0 Å². The fraction of sp³-hybridized carbons (Fsp3) is 0.429. The maximum atomic E-state index is 11.5. The molecular formula is C14H21N3O3. The zero-order valence-corrected chi connectivity index (χ0v) is 11.9. The van der Waals surface area contributed by atoms with Gasteiger partial charge < -0.3 is 15.4 Å². The number of hydrogen-bond acceptors (Lipinski definition) is 4. The van der Waals surface area contributed by atoms with Crippen LogP contribution in [0.2, 0.25) is 0 Å². The molecule has 1 aromatic carbocycles. The van der Waals surface area contributed by atoms with Crippen molar-refractivity contribution in [2.75, 3.05) is 40.3 Å². The van der Waals surface area contributed by atoms with Crippen LogP contribution in [0, 0.1) is 0 Å².